The molecule has 1 amide bonds. The predicted octanol–water partition coefficient (Wildman–Crippen LogP) is 0.798. The molecule has 0 saturated carbocycles. The van der Waals surface area contributed by atoms with Gasteiger partial charge in [-0.1, -0.05) is 0 Å². The van der Waals surface area contributed by atoms with Crippen molar-refractivity contribution in [3.05, 3.63) is 28.8 Å². The largest absolute Gasteiger partial charge is 0.349 e. The number of amides is 1. The Hall–Kier alpha value is -2.11. The Labute approximate surface area is 85.7 Å². The third-order valence-electron chi connectivity index (χ3n) is 1.66. The van der Waals surface area contributed by atoms with Gasteiger partial charge in [-0.3, -0.25) is 9.59 Å². The van der Waals surface area contributed by atoms with Crippen molar-refractivity contribution in [1.29, 1.82) is 0 Å². The van der Waals surface area contributed by atoms with E-state index in [0.717, 1.165) is 0 Å². The van der Waals surface area contributed by atoms with Gasteiger partial charge < -0.3 is 5.32 Å². The summed E-state index contributed by atoms with van der Waals surface area (Å²) in [5.41, 5.74) is 0.330. The third kappa shape index (κ3) is 3.26. The summed E-state index contributed by atoms with van der Waals surface area (Å²) < 4.78 is 0. The van der Waals surface area contributed by atoms with Crippen LogP contribution in [-0.2, 0) is 4.79 Å². The van der Waals surface area contributed by atoms with E-state index >= 15 is 0 Å². The number of nitrogens with zero attached hydrogens (tertiary/aromatic N) is 2. The fourth-order valence-electron chi connectivity index (χ4n) is 0.912. The minimum atomic E-state index is -0.275. The van der Waals surface area contributed by atoms with Crippen molar-refractivity contribution in [2.24, 2.45) is 5.18 Å². The molecule has 0 aliphatic heterocycles. The summed E-state index contributed by atoms with van der Waals surface area (Å²) >= 11 is 0. The maximum Gasteiger partial charge on any atom is 0.217 e. The average molecular weight is 207 g/mol. The number of Topliss-reactive ketones (excluding diaryl/α,β-unsaturated/α-hetero) is 1. The van der Waals surface area contributed by atoms with Gasteiger partial charge in [-0.05, 0) is 17.3 Å². The van der Waals surface area contributed by atoms with Gasteiger partial charge in [-0.15, -0.1) is 4.91 Å². The fourth-order valence-corrected chi connectivity index (χ4v) is 0.912. The molecule has 1 aromatic heterocycles. The Kier molecular flexibility index (Phi) is 3.61. The molecule has 1 N–H and O–H groups in total. The number of nitroso groups, excluding NO2 is 1. The Morgan fingerprint density at radius 1 is 1.47 bits per heavy atom. The normalized spacial score (nSPS) is 9.40. The van der Waals surface area contributed by atoms with Crippen LogP contribution < -0.4 is 5.32 Å². The minimum absolute atomic E-state index is 0.0195. The molecule has 0 saturated heterocycles. The van der Waals surface area contributed by atoms with Crippen LogP contribution >= 0.6 is 0 Å². The molecule has 6 nitrogen and oxygen atoms in total. The topological polar surface area (TPSA) is 88.5 Å². The van der Waals surface area contributed by atoms with Gasteiger partial charge in [0.15, 0.2) is 11.6 Å². The van der Waals surface area contributed by atoms with Gasteiger partial charge in [0.2, 0.25) is 5.91 Å². The van der Waals surface area contributed by atoms with Crippen molar-refractivity contribution in [1.82, 2.24) is 10.3 Å². The molecule has 0 spiro atoms. The van der Waals surface area contributed by atoms with E-state index in [2.05, 4.69) is 15.5 Å². The van der Waals surface area contributed by atoms with Crippen LogP contribution in [0.15, 0.2) is 23.5 Å². The second-order valence-corrected chi connectivity index (χ2v) is 2.83. The molecule has 6 heteroatoms. The van der Waals surface area contributed by atoms with Gasteiger partial charge in [0, 0.05) is 18.7 Å². The molecule has 0 aromatic carbocycles. The van der Waals surface area contributed by atoms with E-state index in [-0.39, 0.29) is 24.1 Å². The van der Waals surface area contributed by atoms with E-state index in [1.165, 1.54) is 25.3 Å². The van der Waals surface area contributed by atoms with Crippen LogP contribution in [0.3, 0.4) is 0 Å². The van der Waals surface area contributed by atoms with Crippen molar-refractivity contribution in [3.8, 4) is 0 Å². The van der Waals surface area contributed by atoms with Crippen LogP contribution in [0.25, 0.3) is 0 Å². The zero-order valence-corrected chi connectivity index (χ0v) is 8.06. The lowest BCUT2D eigenvalue weighted by atomic mass is 10.2. The molecule has 0 aliphatic carbocycles. The number of ketones is 1. The Morgan fingerprint density at radius 2 is 2.20 bits per heavy atom. The van der Waals surface area contributed by atoms with Crippen LogP contribution in [0.2, 0.25) is 0 Å². The zero-order chi connectivity index (χ0) is 11.3. The maximum absolute atomic E-state index is 11.4. The van der Waals surface area contributed by atoms with Crippen LogP contribution in [-0.4, -0.2) is 23.2 Å². The smallest absolute Gasteiger partial charge is 0.217 e. The summed E-state index contributed by atoms with van der Waals surface area (Å²) in [5, 5.41) is 4.97. The average Bonchev–Trinajstić information content (AvgIpc) is 2.26. The SMILES string of the molecule is CC(=O)NCC(=O)c1ccc(N=O)nc1. The first-order valence-corrected chi connectivity index (χ1v) is 4.20. The molecular weight excluding hydrogens is 198 g/mol. The third-order valence-corrected chi connectivity index (χ3v) is 1.66. The predicted molar refractivity (Wildman–Crippen MR) is 52.7 cm³/mol. The van der Waals surface area contributed by atoms with Crippen LogP contribution in [0.5, 0.6) is 0 Å². The quantitative estimate of drug-likeness (QED) is 0.584. The summed E-state index contributed by atoms with van der Waals surface area (Å²) in [6, 6.07) is 2.78. The number of aromatic nitrogens is 1. The van der Waals surface area contributed by atoms with Gasteiger partial charge in [0.1, 0.15) is 0 Å². The second-order valence-electron chi connectivity index (χ2n) is 2.83. The van der Waals surface area contributed by atoms with E-state index in [1.54, 1.807) is 0 Å². The molecule has 78 valence electrons. The second kappa shape index (κ2) is 4.94. The van der Waals surface area contributed by atoms with Crippen LogP contribution in [0.1, 0.15) is 17.3 Å². The highest BCUT2D eigenvalue weighted by Crippen LogP contribution is 2.07. The van der Waals surface area contributed by atoms with Crippen molar-refractivity contribution in [3.63, 3.8) is 0 Å². The van der Waals surface area contributed by atoms with Crippen molar-refractivity contribution >= 4 is 17.5 Å². The van der Waals surface area contributed by atoms with E-state index < -0.39 is 0 Å². The summed E-state index contributed by atoms with van der Waals surface area (Å²) in [6.07, 6.45) is 1.25. The number of pyridine rings is 1. The van der Waals surface area contributed by atoms with Crippen molar-refractivity contribution in [2.45, 2.75) is 6.92 Å². The summed E-state index contributed by atoms with van der Waals surface area (Å²) in [5.74, 6) is -0.524. The fraction of sp³-hybridized carbons (Fsp3) is 0.222. The summed E-state index contributed by atoms with van der Waals surface area (Å²) in [7, 11) is 0. The Balaban J connectivity index is 2.66. The first-order valence-electron chi connectivity index (χ1n) is 4.20. The van der Waals surface area contributed by atoms with Crippen molar-refractivity contribution in [2.75, 3.05) is 6.54 Å². The molecule has 1 aromatic rings. The minimum Gasteiger partial charge on any atom is -0.349 e. The van der Waals surface area contributed by atoms with Gasteiger partial charge in [-0.2, -0.15) is 0 Å². The van der Waals surface area contributed by atoms with E-state index in [9.17, 15) is 14.5 Å². The summed E-state index contributed by atoms with van der Waals surface area (Å²) in [6.45, 7) is 1.25. The zero-order valence-electron chi connectivity index (χ0n) is 8.06. The van der Waals surface area contributed by atoms with E-state index in [0.29, 0.717) is 5.56 Å². The number of carbonyl (C=O) groups is 2. The van der Waals surface area contributed by atoms with E-state index in [1.807, 2.05) is 0 Å². The standard InChI is InChI=1S/C9H9N3O3/c1-6(13)10-5-8(14)7-2-3-9(12-15)11-4-7/h2-4H,5H2,1H3,(H,10,13). The summed E-state index contributed by atoms with van der Waals surface area (Å²) in [4.78, 5) is 35.6. The lowest BCUT2D eigenvalue weighted by Crippen LogP contribution is -2.27. The molecule has 0 radical (unpaired) electrons. The highest BCUT2D eigenvalue weighted by atomic mass is 16.3. The number of hydrogen-bond acceptors (Lipinski definition) is 5. The van der Waals surface area contributed by atoms with E-state index in [4.69, 9.17) is 0 Å². The molecule has 1 heterocycles. The molecule has 0 aliphatic rings. The number of nitrogens with one attached hydrogen (secondary N) is 1. The maximum atomic E-state index is 11.4. The van der Waals surface area contributed by atoms with Crippen molar-refractivity contribution < 1.29 is 9.59 Å². The number of rotatable bonds is 4. The van der Waals surface area contributed by atoms with Gasteiger partial charge in [-0.25, -0.2) is 4.98 Å². The molecule has 0 bridgehead atoms. The first kappa shape index (κ1) is 11.0. The molecule has 0 unspecified atom stereocenters. The molecular formula is C9H9N3O3. The lowest BCUT2D eigenvalue weighted by Gasteiger charge is -2.00. The Bertz CT molecular complexity index is 386. The first-order chi connectivity index (χ1) is 7.13. The number of carbonyl (C=O) groups excluding carboxylic acids is 2. The molecule has 15 heavy (non-hydrogen) atoms. The highest BCUT2D eigenvalue weighted by molar-refractivity contribution is 5.98. The van der Waals surface area contributed by atoms with Gasteiger partial charge in [0.25, 0.3) is 0 Å². The molecule has 0 atom stereocenters. The van der Waals surface area contributed by atoms with Crippen LogP contribution in [0, 0.1) is 4.91 Å². The van der Waals surface area contributed by atoms with Crippen LogP contribution in [0.4, 0.5) is 5.82 Å². The molecule has 1 rings (SSSR count). The monoisotopic (exact) mass is 207 g/mol. The van der Waals surface area contributed by atoms with Gasteiger partial charge >= 0.3 is 0 Å². The van der Waals surface area contributed by atoms with Gasteiger partial charge in [0.05, 0.1) is 6.54 Å². The lowest BCUT2D eigenvalue weighted by molar-refractivity contribution is -0.118. The molecule has 0 fully saturated rings. The highest BCUT2D eigenvalue weighted by Gasteiger charge is 2.06. The number of hydrogen-bond donors (Lipinski definition) is 1. The Morgan fingerprint density at radius 3 is 2.67 bits per heavy atom.